The minimum Gasteiger partial charge on any atom is -0.379 e. The first-order valence-electron chi connectivity index (χ1n) is 19.6. The Bertz CT molecular complexity index is 1560. The van der Waals surface area contributed by atoms with E-state index in [1.54, 1.807) is 4.90 Å². The van der Waals surface area contributed by atoms with Crippen LogP contribution < -0.4 is 10.2 Å². The van der Waals surface area contributed by atoms with Crippen molar-refractivity contribution >= 4 is 23.4 Å². The number of carbonyl (C=O) groups excluding carboxylic acids is 3. The molecule has 55 heavy (non-hydrogen) atoms. The molecule has 0 aromatic heterocycles. The molecule has 2 aromatic carbocycles. The fraction of sp³-hybridized carbons (Fsp3) is 0.595. The highest BCUT2D eigenvalue weighted by molar-refractivity contribution is 5.95. The van der Waals surface area contributed by atoms with E-state index < -0.39 is 0 Å². The Kier molecular flexibility index (Phi) is 17.9. The minimum absolute atomic E-state index is 0.0207. The molecule has 3 aliphatic rings. The monoisotopic (exact) mass is 763 g/mol. The maximum absolute atomic E-state index is 13.4. The standard InChI is InChI=1S/C42H57N3O10/c1-2-49-17-18-51-21-22-53-25-26-55-28-27-54-24-23-52-20-19-50-16-14-39(46)44-32-42(33-44)29-37(30-42)41(48)43-15-13-40(47)45-31-36-9-4-3-7-34(36)11-12-35-8-5-6-10-38(35)45/h3-10,37H,2,13-33H2,1H3,(H,43,48). The Morgan fingerprint density at radius 2 is 1.16 bits per heavy atom. The van der Waals surface area contributed by atoms with Crippen LogP contribution in [0, 0.1) is 23.2 Å². The van der Waals surface area contributed by atoms with Crippen LogP contribution in [-0.4, -0.2) is 135 Å². The number of ether oxygens (including phenoxy) is 7. The predicted molar refractivity (Wildman–Crippen MR) is 205 cm³/mol. The van der Waals surface area contributed by atoms with E-state index in [4.69, 9.17) is 33.2 Å². The molecule has 2 aliphatic heterocycles. The van der Waals surface area contributed by atoms with Crippen molar-refractivity contribution in [2.75, 3.05) is 117 Å². The van der Waals surface area contributed by atoms with E-state index in [-0.39, 0.29) is 42.0 Å². The fourth-order valence-electron chi connectivity index (χ4n) is 6.93. The number of fused-ring (bicyclic) bond motifs is 2. The van der Waals surface area contributed by atoms with Crippen molar-refractivity contribution in [2.45, 2.75) is 39.2 Å². The number of benzene rings is 2. The second-order valence-corrected chi connectivity index (χ2v) is 13.9. The molecule has 3 amide bonds. The Labute approximate surface area is 325 Å². The number of likely N-dealkylation sites (tertiary alicyclic amines) is 1. The molecule has 13 nitrogen and oxygen atoms in total. The van der Waals surface area contributed by atoms with Crippen molar-refractivity contribution in [2.24, 2.45) is 11.3 Å². The molecule has 1 saturated carbocycles. The largest absolute Gasteiger partial charge is 0.379 e. The van der Waals surface area contributed by atoms with Gasteiger partial charge in [0.05, 0.1) is 105 Å². The summed E-state index contributed by atoms with van der Waals surface area (Å²) in [7, 11) is 0. The topological polar surface area (TPSA) is 134 Å². The van der Waals surface area contributed by atoms with E-state index in [1.807, 2.05) is 60.4 Å². The SMILES string of the molecule is CCOCCOCCOCCOCCOCCOCCOCCC(=O)N1CC2(CC(C(=O)NCCC(=O)N3Cc4ccccc4C#Cc4ccccc43)C2)C1. The molecule has 2 heterocycles. The van der Waals surface area contributed by atoms with Gasteiger partial charge in [-0.25, -0.2) is 0 Å². The van der Waals surface area contributed by atoms with Crippen LogP contribution in [0.25, 0.3) is 0 Å². The number of carbonyl (C=O) groups is 3. The van der Waals surface area contributed by atoms with Crippen LogP contribution in [0.5, 0.6) is 0 Å². The van der Waals surface area contributed by atoms with Crippen molar-refractivity contribution < 1.29 is 47.5 Å². The smallest absolute Gasteiger partial charge is 0.229 e. The number of hydrogen-bond donors (Lipinski definition) is 1. The first-order chi connectivity index (χ1) is 27.0. The lowest BCUT2D eigenvalue weighted by Crippen LogP contribution is -2.65. The third-order valence-electron chi connectivity index (χ3n) is 9.84. The number of rotatable bonds is 26. The van der Waals surface area contributed by atoms with Gasteiger partial charge in [0.1, 0.15) is 0 Å². The van der Waals surface area contributed by atoms with E-state index in [1.165, 1.54) is 0 Å². The van der Waals surface area contributed by atoms with E-state index in [9.17, 15) is 14.4 Å². The first kappa shape index (κ1) is 42.3. The van der Waals surface area contributed by atoms with Crippen molar-refractivity contribution in [3.8, 4) is 11.8 Å². The Morgan fingerprint density at radius 3 is 1.76 bits per heavy atom. The Balaban J connectivity index is 0.825. The zero-order valence-corrected chi connectivity index (χ0v) is 32.2. The molecular weight excluding hydrogens is 706 g/mol. The number of nitrogens with one attached hydrogen (secondary N) is 1. The van der Waals surface area contributed by atoms with Gasteiger partial charge < -0.3 is 48.3 Å². The van der Waals surface area contributed by atoms with Crippen LogP contribution in [0.1, 0.15) is 49.3 Å². The molecule has 1 spiro atoms. The van der Waals surface area contributed by atoms with Crippen molar-refractivity contribution in [3.63, 3.8) is 0 Å². The summed E-state index contributed by atoms with van der Waals surface area (Å²) in [6, 6.07) is 15.5. The predicted octanol–water partition coefficient (Wildman–Crippen LogP) is 3.20. The van der Waals surface area contributed by atoms with Gasteiger partial charge in [0.25, 0.3) is 0 Å². The van der Waals surface area contributed by atoms with Gasteiger partial charge in [-0.2, -0.15) is 0 Å². The fourth-order valence-corrected chi connectivity index (χ4v) is 6.93. The summed E-state index contributed by atoms with van der Waals surface area (Å²) in [5.41, 5.74) is 3.53. The first-order valence-corrected chi connectivity index (χ1v) is 19.6. The highest BCUT2D eigenvalue weighted by atomic mass is 16.6. The third kappa shape index (κ3) is 13.7. The zero-order valence-electron chi connectivity index (χ0n) is 32.2. The van der Waals surface area contributed by atoms with Crippen molar-refractivity contribution in [1.29, 1.82) is 0 Å². The van der Waals surface area contributed by atoms with Crippen molar-refractivity contribution in [3.05, 3.63) is 65.2 Å². The van der Waals surface area contributed by atoms with Gasteiger partial charge in [-0.1, -0.05) is 42.2 Å². The Hall–Kier alpha value is -3.87. The highest BCUT2D eigenvalue weighted by Crippen LogP contribution is 2.52. The summed E-state index contributed by atoms with van der Waals surface area (Å²) >= 11 is 0. The molecule has 1 N–H and O–H groups in total. The van der Waals surface area contributed by atoms with Gasteiger partial charge in [-0.15, -0.1) is 0 Å². The molecule has 0 radical (unpaired) electrons. The third-order valence-corrected chi connectivity index (χ3v) is 9.84. The van der Waals surface area contributed by atoms with Crippen LogP contribution in [0.15, 0.2) is 48.5 Å². The minimum atomic E-state index is -0.0863. The lowest BCUT2D eigenvalue weighted by molar-refractivity contribution is -0.160. The van der Waals surface area contributed by atoms with Crippen LogP contribution in [0.2, 0.25) is 0 Å². The molecule has 2 aromatic rings. The van der Waals surface area contributed by atoms with Crippen LogP contribution in [-0.2, 0) is 54.1 Å². The summed E-state index contributed by atoms with van der Waals surface area (Å²) in [4.78, 5) is 42.6. The summed E-state index contributed by atoms with van der Waals surface area (Å²) in [6.45, 7) is 11.1. The number of amides is 3. The molecule has 5 rings (SSSR count). The summed E-state index contributed by atoms with van der Waals surface area (Å²) in [5, 5.41) is 2.98. The average Bonchev–Trinajstić information content (AvgIpc) is 3.15. The Morgan fingerprint density at radius 1 is 0.655 bits per heavy atom. The second-order valence-electron chi connectivity index (χ2n) is 13.9. The lowest BCUT2D eigenvalue weighted by atomic mass is 9.57. The molecule has 300 valence electrons. The summed E-state index contributed by atoms with van der Waals surface area (Å²) < 4.78 is 38.1. The van der Waals surface area contributed by atoms with Gasteiger partial charge in [0, 0.05) is 55.1 Å². The van der Waals surface area contributed by atoms with Gasteiger partial charge in [-0.05, 0) is 43.5 Å². The van der Waals surface area contributed by atoms with E-state index in [2.05, 4.69) is 17.2 Å². The van der Waals surface area contributed by atoms with Gasteiger partial charge in [0.2, 0.25) is 17.7 Å². The van der Waals surface area contributed by atoms with E-state index in [0.717, 1.165) is 35.2 Å². The van der Waals surface area contributed by atoms with Gasteiger partial charge in [-0.3, -0.25) is 14.4 Å². The molecule has 0 atom stereocenters. The van der Waals surface area contributed by atoms with Crippen LogP contribution >= 0.6 is 0 Å². The molecular formula is C42H57N3O10. The zero-order chi connectivity index (χ0) is 38.6. The van der Waals surface area contributed by atoms with Crippen LogP contribution in [0.4, 0.5) is 5.69 Å². The molecule has 0 bridgehead atoms. The molecule has 1 saturated heterocycles. The van der Waals surface area contributed by atoms with E-state index in [0.29, 0.717) is 119 Å². The maximum Gasteiger partial charge on any atom is 0.229 e. The van der Waals surface area contributed by atoms with Crippen molar-refractivity contribution in [1.82, 2.24) is 10.2 Å². The van der Waals surface area contributed by atoms with Gasteiger partial charge in [0.15, 0.2) is 0 Å². The van der Waals surface area contributed by atoms with Crippen LogP contribution in [0.3, 0.4) is 0 Å². The number of nitrogens with zero attached hydrogens (tertiary/aromatic N) is 2. The highest BCUT2D eigenvalue weighted by Gasteiger charge is 2.55. The lowest BCUT2D eigenvalue weighted by Gasteiger charge is -2.58. The maximum atomic E-state index is 13.4. The summed E-state index contributed by atoms with van der Waals surface area (Å²) in [6.07, 6.45) is 2.04. The number of hydrogen-bond acceptors (Lipinski definition) is 10. The number of anilines is 1. The molecule has 2 fully saturated rings. The molecule has 1 aliphatic carbocycles. The molecule has 13 heteroatoms. The van der Waals surface area contributed by atoms with Gasteiger partial charge >= 0.3 is 0 Å². The number of para-hydroxylation sites is 1. The summed E-state index contributed by atoms with van der Waals surface area (Å²) in [5.74, 6) is 6.35. The quantitative estimate of drug-likeness (QED) is 0.113. The second kappa shape index (κ2) is 23.3. The molecule has 0 unspecified atom stereocenters. The normalized spacial score (nSPS) is 15.5. The van der Waals surface area contributed by atoms with E-state index >= 15 is 0 Å². The average molecular weight is 764 g/mol.